The predicted octanol–water partition coefficient (Wildman–Crippen LogP) is 4.54. The van der Waals surface area contributed by atoms with Crippen LogP contribution in [0.4, 0.5) is 4.39 Å². The molecule has 0 N–H and O–H groups in total. The van der Waals surface area contributed by atoms with Gasteiger partial charge < -0.3 is 13.6 Å². The third kappa shape index (κ3) is 3.06. The molecule has 2 aromatic heterocycles. The van der Waals surface area contributed by atoms with E-state index in [0.717, 1.165) is 5.39 Å². The molecular formula is C19H13FN2O4. The van der Waals surface area contributed by atoms with E-state index in [1.165, 1.54) is 24.3 Å². The minimum absolute atomic E-state index is 0.0938. The van der Waals surface area contributed by atoms with Gasteiger partial charge in [0.2, 0.25) is 11.7 Å². The van der Waals surface area contributed by atoms with E-state index in [2.05, 4.69) is 10.2 Å². The number of carbonyl (C=O) groups excluding carboxylic acids is 1. The van der Waals surface area contributed by atoms with Crippen LogP contribution in [-0.2, 0) is 4.74 Å². The molecule has 0 saturated heterocycles. The number of furan rings is 1. The van der Waals surface area contributed by atoms with E-state index in [1.807, 2.05) is 18.2 Å². The van der Waals surface area contributed by atoms with Crippen molar-refractivity contribution in [3.05, 3.63) is 72.1 Å². The van der Waals surface area contributed by atoms with E-state index >= 15 is 0 Å². The summed E-state index contributed by atoms with van der Waals surface area (Å²) in [6, 6.07) is 14.5. The molecule has 0 radical (unpaired) electrons. The fourth-order valence-electron chi connectivity index (χ4n) is 2.46. The van der Waals surface area contributed by atoms with Crippen LogP contribution in [0, 0.1) is 5.82 Å². The van der Waals surface area contributed by atoms with Crippen LogP contribution in [0.25, 0.3) is 22.4 Å². The van der Waals surface area contributed by atoms with Crippen molar-refractivity contribution < 1.29 is 22.8 Å². The minimum atomic E-state index is -0.766. The Morgan fingerprint density at radius 2 is 1.85 bits per heavy atom. The van der Waals surface area contributed by atoms with Crippen LogP contribution in [0.5, 0.6) is 0 Å². The van der Waals surface area contributed by atoms with E-state index < -0.39 is 12.1 Å². The highest BCUT2D eigenvalue weighted by Gasteiger charge is 2.22. The molecule has 0 aliphatic carbocycles. The molecule has 0 unspecified atom stereocenters. The molecule has 0 spiro atoms. The van der Waals surface area contributed by atoms with Crippen LogP contribution in [0.3, 0.4) is 0 Å². The zero-order chi connectivity index (χ0) is 18.1. The van der Waals surface area contributed by atoms with Gasteiger partial charge in [0.05, 0.1) is 0 Å². The summed E-state index contributed by atoms with van der Waals surface area (Å²) in [5.41, 5.74) is 1.17. The van der Waals surface area contributed by atoms with Crippen LogP contribution in [0.2, 0.25) is 0 Å². The molecule has 0 bridgehead atoms. The zero-order valence-corrected chi connectivity index (χ0v) is 13.7. The average Bonchev–Trinajstić information content (AvgIpc) is 3.29. The lowest BCUT2D eigenvalue weighted by atomic mass is 10.2. The minimum Gasteiger partial charge on any atom is -0.449 e. The van der Waals surface area contributed by atoms with Crippen molar-refractivity contribution >= 4 is 16.9 Å². The highest BCUT2D eigenvalue weighted by atomic mass is 19.1. The number of halogens is 1. The third-order valence-corrected chi connectivity index (χ3v) is 3.79. The number of carbonyl (C=O) groups is 1. The summed E-state index contributed by atoms with van der Waals surface area (Å²) >= 11 is 0. The number of esters is 1. The highest BCUT2D eigenvalue weighted by molar-refractivity contribution is 5.92. The number of aromatic nitrogens is 2. The van der Waals surface area contributed by atoms with E-state index in [4.69, 9.17) is 13.6 Å². The Kier molecular flexibility index (Phi) is 3.96. The maximum atomic E-state index is 13.0. The van der Waals surface area contributed by atoms with Gasteiger partial charge in [-0.15, -0.1) is 10.2 Å². The van der Waals surface area contributed by atoms with Crippen molar-refractivity contribution in [2.75, 3.05) is 0 Å². The SMILES string of the molecule is C[C@H](OC(=O)c1cc2ccccc2o1)c1nnc(-c2ccc(F)cc2)o1. The summed E-state index contributed by atoms with van der Waals surface area (Å²) in [6.45, 7) is 1.61. The highest BCUT2D eigenvalue weighted by Crippen LogP contribution is 2.25. The fourth-order valence-corrected chi connectivity index (χ4v) is 2.46. The smallest absolute Gasteiger partial charge is 0.375 e. The van der Waals surface area contributed by atoms with E-state index in [1.54, 1.807) is 19.1 Å². The normalized spacial score (nSPS) is 12.2. The van der Waals surface area contributed by atoms with Gasteiger partial charge in [-0.2, -0.15) is 0 Å². The van der Waals surface area contributed by atoms with Crippen LogP contribution in [0.15, 0.2) is 63.4 Å². The van der Waals surface area contributed by atoms with Gasteiger partial charge in [0, 0.05) is 10.9 Å². The van der Waals surface area contributed by atoms with Crippen molar-refractivity contribution in [2.24, 2.45) is 0 Å². The Morgan fingerprint density at radius 3 is 2.62 bits per heavy atom. The topological polar surface area (TPSA) is 78.4 Å². The van der Waals surface area contributed by atoms with E-state index in [-0.39, 0.29) is 23.4 Å². The summed E-state index contributed by atoms with van der Waals surface area (Å²) in [6.07, 6.45) is -0.766. The Balaban J connectivity index is 1.50. The fraction of sp³-hybridized carbons (Fsp3) is 0.105. The summed E-state index contributed by atoms with van der Waals surface area (Å²) in [5.74, 6) is -0.548. The van der Waals surface area contributed by atoms with Gasteiger partial charge in [-0.05, 0) is 43.3 Å². The Labute approximate surface area is 147 Å². The second kappa shape index (κ2) is 6.44. The average molecular weight is 352 g/mol. The molecule has 0 fully saturated rings. The summed E-state index contributed by atoms with van der Waals surface area (Å²) < 4.78 is 29.3. The van der Waals surface area contributed by atoms with Crippen molar-refractivity contribution in [1.82, 2.24) is 10.2 Å². The number of nitrogens with zero attached hydrogens (tertiary/aromatic N) is 2. The van der Waals surface area contributed by atoms with Crippen molar-refractivity contribution in [2.45, 2.75) is 13.0 Å². The second-order valence-electron chi connectivity index (χ2n) is 5.65. The molecule has 7 heteroatoms. The summed E-state index contributed by atoms with van der Waals surface area (Å²) in [4.78, 5) is 12.3. The van der Waals surface area contributed by atoms with Crippen LogP contribution < -0.4 is 0 Å². The van der Waals surface area contributed by atoms with Crippen LogP contribution in [-0.4, -0.2) is 16.2 Å². The maximum Gasteiger partial charge on any atom is 0.375 e. The largest absolute Gasteiger partial charge is 0.449 e. The predicted molar refractivity (Wildman–Crippen MR) is 89.7 cm³/mol. The van der Waals surface area contributed by atoms with Crippen LogP contribution in [0.1, 0.15) is 29.5 Å². The summed E-state index contributed by atoms with van der Waals surface area (Å²) in [7, 11) is 0. The number of hydrogen-bond donors (Lipinski definition) is 0. The number of benzene rings is 2. The maximum absolute atomic E-state index is 13.0. The van der Waals surface area contributed by atoms with Gasteiger partial charge >= 0.3 is 5.97 Å². The van der Waals surface area contributed by atoms with Gasteiger partial charge in [-0.3, -0.25) is 0 Å². The number of fused-ring (bicyclic) bond motifs is 1. The molecule has 26 heavy (non-hydrogen) atoms. The lowest BCUT2D eigenvalue weighted by molar-refractivity contribution is 0.0247. The number of rotatable bonds is 4. The Morgan fingerprint density at radius 1 is 1.08 bits per heavy atom. The Hall–Kier alpha value is -3.48. The number of hydrogen-bond acceptors (Lipinski definition) is 6. The lowest BCUT2D eigenvalue weighted by Gasteiger charge is -2.07. The molecule has 0 aliphatic rings. The van der Waals surface area contributed by atoms with Gasteiger partial charge in [-0.25, -0.2) is 9.18 Å². The molecule has 0 aliphatic heterocycles. The van der Waals surface area contributed by atoms with E-state index in [9.17, 15) is 9.18 Å². The quantitative estimate of drug-likeness (QED) is 0.502. The molecule has 0 saturated carbocycles. The Bertz CT molecular complexity index is 1040. The van der Waals surface area contributed by atoms with Crippen molar-refractivity contribution in [3.63, 3.8) is 0 Å². The molecule has 2 heterocycles. The lowest BCUT2D eigenvalue weighted by Crippen LogP contribution is -2.08. The molecule has 1 atom stereocenters. The van der Waals surface area contributed by atoms with Gasteiger partial charge in [0.15, 0.2) is 6.10 Å². The number of ether oxygens (including phenoxy) is 1. The van der Waals surface area contributed by atoms with E-state index in [0.29, 0.717) is 11.1 Å². The molecule has 130 valence electrons. The van der Waals surface area contributed by atoms with Gasteiger partial charge in [0.1, 0.15) is 11.4 Å². The molecular weight excluding hydrogens is 339 g/mol. The van der Waals surface area contributed by atoms with Gasteiger partial charge in [-0.1, -0.05) is 18.2 Å². The van der Waals surface area contributed by atoms with Crippen molar-refractivity contribution in [1.29, 1.82) is 0 Å². The zero-order valence-electron chi connectivity index (χ0n) is 13.7. The first kappa shape index (κ1) is 16.0. The first-order valence-electron chi connectivity index (χ1n) is 7.89. The van der Waals surface area contributed by atoms with Crippen molar-refractivity contribution in [3.8, 4) is 11.5 Å². The molecule has 6 nitrogen and oxygen atoms in total. The number of para-hydroxylation sites is 1. The summed E-state index contributed by atoms with van der Waals surface area (Å²) in [5, 5.41) is 8.59. The standard InChI is InChI=1S/C19H13FN2O4/c1-11(17-21-22-18(26-17)12-6-8-14(20)9-7-12)24-19(23)16-10-13-4-2-3-5-15(13)25-16/h2-11H,1H3/t11-/m0/s1. The molecule has 2 aromatic carbocycles. The first-order chi connectivity index (χ1) is 12.6. The second-order valence-corrected chi connectivity index (χ2v) is 5.65. The third-order valence-electron chi connectivity index (χ3n) is 3.79. The molecule has 0 amide bonds. The van der Waals surface area contributed by atoms with Gasteiger partial charge in [0.25, 0.3) is 5.89 Å². The van der Waals surface area contributed by atoms with Crippen LogP contribution >= 0.6 is 0 Å². The monoisotopic (exact) mass is 352 g/mol. The molecule has 4 rings (SSSR count). The first-order valence-corrected chi connectivity index (χ1v) is 7.89. The molecule has 4 aromatic rings.